The van der Waals surface area contributed by atoms with Crippen LogP contribution in [-0.2, 0) is 30.7 Å². The van der Waals surface area contributed by atoms with Crippen LogP contribution >= 0.6 is 0 Å². The van der Waals surface area contributed by atoms with Crippen LogP contribution < -0.4 is 0 Å². The smallest absolute Gasteiger partial charge is 0.342 e. The fraction of sp³-hybridized carbons (Fsp3) is 0.333. The SMILES string of the molecule is COOC(=O)CCC(=O)OCc1ccccc1. The monoisotopic (exact) mass is 238 g/mol. The van der Waals surface area contributed by atoms with Gasteiger partial charge >= 0.3 is 11.9 Å². The van der Waals surface area contributed by atoms with Gasteiger partial charge in [0.1, 0.15) is 6.61 Å². The molecule has 0 heterocycles. The highest BCUT2D eigenvalue weighted by atomic mass is 17.2. The average Bonchev–Trinajstić information content (AvgIpc) is 2.35. The van der Waals surface area contributed by atoms with E-state index in [1.807, 2.05) is 30.3 Å². The van der Waals surface area contributed by atoms with E-state index in [9.17, 15) is 9.59 Å². The maximum atomic E-state index is 11.3. The van der Waals surface area contributed by atoms with Gasteiger partial charge in [-0.25, -0.2) is 4.79 Å². The second kappa shape index (κ2) is 7.40. The Hall–Kier alpha value is -1.88. The molecule has 0 amide bonds. The molecule has 0 unspecified atom stereocenters. The summed E-state index contributed by atoms with van der Waals surface area (Å²) in [5.74, 6) is -1.04. The second-order valence-corrected chi connectivity index (χ2v) is 3.27. The molecule has 0 aliphatic carbocycles. The van der Waals surface area contributed by atoms with Gasteiger partial charge in [0.05, 0.1) is 20.0 Å². The van der Waals surface area contributed by atoms with Gasteiger partial charge in [0.2, 0.25) is 0 Å². The third-order valence-corrected chi connectivity index (χ3v) is 1.95. The third-order valence-electron chi connectivity index (χ3n) is 1.95. The number of carbonyl (C=O) groups excluding carboxylic acids is 2. The molecule has 1 rings (SSSR count). The minimum absolute atomic E-state index is 0.0188. The van der Waals surface area contributed by atoms with Crippen molar-refractivity contribution in [2.75, 3.05) is 7.11 Å². The van der Waals surface area contributed by atoms with Gasteiger partial charge in [-0.15, -0.1) is 0 Å². The highest BCUT2D eigenvalue weighted by Crippen LogP contribution is 2.03. The van der Waals surface area contributed by atoms with Crippen molar-refractivity contribution in [3.8, 4) is 0 Å². The van der Waals surface area contributed by atoms with Crippen molar-refractivity contribution >= 4 is 11.9 Å². The molecule has 0 saturated heterocycles. The molecule has 0 radical (unpaired) electrons. The van der Waals surface area contributed by atoms with Gasteiger partial charge in [-0.05, 0) is 5.56 Å². The van der Waals surface area contributed by atoms with Gasteiger partial charge in [0.25, 0.3) is 0 Å². The first kappa shape index (κ1) is 13.2. The predicted octanol–water partition coefficient (Wildman–Crippen LogP) is 1.61. The largest absolute Gasteiger partial charge is 0.461 e. The van der Waals surface area contributed by atoms with Crippen LogP contribution in [0.15, 0.2) is 30.3 Å². The van der Waals surface area contributed by atoms with Gasteiger partial charge in [-0.1, -0.05) is 30.3 Å². The number of ether oxygens (including phenoxy) is 1. The van der Waals surface area contributed by atoms with Gasteiger partial charge in [-0.2, -0.15) is 4.89 Å². The molecular formula is C12H14O5. The summed E-state index contributed by atoms with van der Waals surface area (Å²) >= 11 is 0. The summed E-state index contributed by atoms with van der Waals surface area (Å²) in [5, 5.41) is 0. The van der Waals surface area contributed by atoms with Gasteiger partial charge in [-0.3, -0.25) is 9.68 Å². The Bertz CT molecular complexity index is 360. The summed E-state index contributed by atoms with van der Waals surface area (Å²) in [6.45, 7) is 0.207. The van der Waals surface area contributed by atoms with Crippen molar-refractivity contribution < 1.29 is 24.1 Å². The lowest BCUT2D eigenvalue weighted by molar-refractivity contribution is -0.255. The fourth-order valence-electron chi connectivity index (χ4n) is 1.15. The summed E-state index contributed by atoms with van der Waals surface area (Å²) in [6.07, 6.45) is -0.0729. The molecular weight excluding hydrogens is 224 g/mol. The van der Waals surface area contributed by atoms with Crippen molar-refractivity contribution in [3.05, 3.63) is 35.9 Å². The Labute approximate surface area is 99.2 Å². The van der Waals surface area contributed by atoms with Crippen molar-refractivity contribution in [1.29, 1.82) is 0 Å². The number of esters is 1. The maximum Gasteiger partial charge on any atom is 0.342 e. The van der Waals surface area contributed by atoms with E-state index in [2.05, 4.69) is 9.78 Å². The van der Waals surface area contributed by atoms with Crippen LogP contribution in [0.4, 0.5) is 0 Å². The molecule has 0 N–H and O–H groups in total. The van der Waals surface area contributed by atoms with Crippen LogP contribution in [0.3, 0.4) is 0 Å². The maximum absolute atomic E-state index is 11.3. The first-order valence-corrected chi connectivity index (χ1v) is 5.15. The predicted molar refractivity (Wildman–Crippen MR) is 58.6 cm³/mol. The van der Waals surface area contributed by atoms with E-state index in [0.29, 0.717) is 0 Å². The highest BCUT2D eigenvalue weighted by molar-refractivity contribution is 5.77. The summed E-state index contributed by atoms with van der Waals surface area (Å²) in [5.41, 5.74) is 0.903. The minimum atomic E-state index is -0.593. The summed E-state index contributed by atoms with van der Waals surface area (Å²) in [6, 6.07) is 9.31. The molecule has 0 fully saturated rings. The summed E-state index contributed by atoms with van der Waals surface area (Å²) in [4.78, 5) is 30.5. The lowest BCUT2D eigenvalue weighted by Gasteiger charge is -2.04. The van der Waals surface area contributed by atoms with Crippen molar-refractivity contribution in [2.24, 2.45) is 0 Å². The van der Waals surface area contributed by atoms with E-state index in [1.165, 1.54) is 7.11 Å². The average molecular weight is 238 g/mol. The zero-order valence-corrected chi connectivity index (χ0v) is 9.55. The summed E-state index contributed by atoms with van der Waals surface area (Å²) in [7, 11) is 1.23. The first-order chi connectivity index (χ1) is 8.22. The molecule has 1 aromatic rings. The third kappa shape index (κ3) is 5.67. The van der Waals surface area contributed by atoms with Crippen molar-refractivity contribution in [2.45, 2.75) is 19.4 Å². The molecule has 0 atom stereocenters. The molecule has 0 aromatic heterocycles. The van der Waals surface area contributed by atoms with Gasteiger partial charge in [0, 0.05) is 0 Å². The molecule has 5 heteroatoms. The molecule has 5 nitrogen and oxygen atoms in total. The second-order valence-electron chi connectivity index (χ2n) is 3.27. The van der Waals surface area contributed by atoms with Crippen LogP contribution in [0.5, 0.6) is 0 Å². The summed E-state index contributed by atoms with van der Waals surface area (Å²) < 4.78 is 4.97. The van der Waals surface area contributed by atoms with E-state index < -0.39 is 11.9 Å². The van der Waals surface area contributed by atoms with Crippen LogP contribution in [0.25, 0.3) is 0 Å². The molecule has 0 bridgehead atoms. The fourth-order valence-corrected chi connectivity index (χ4v) is 1.15. The lowest BCUT2D eigenvalue weighted by atomic mass is 10.2. The zero-order valence-electron chi connectivity index (χ0n) is 9.55. The van der Waals surface area contributed by atoms with Crippen LogP contribution in [-0.4, -0.2) is 19.0 Å². The van der Waals surface area contributed by atoms with E-state index in [1.54, 1.807) is 0 Å². The van der Waals surface area contributed by atoms with Gasteiger partial charge < -0.3 is 4.74 Å². The quantitative estimate of drug-likeness (QED) is 0.428. The Morgan fingerprint density at radius 1 is 1.06 bits per heavy atom. The number of benzene rings is 1. The van der Waals surface area contributed by atoms with Gasteiger partial charge in [0.15, 0.2) is 0 Å². The van der Waals surface area contributed by atoms with Crippen molar-refractivity contribution in [3.63, 3.8) is 0 Å². The van der Waals surface area contributed by atoms with Crippen molar-refractivity contribution in [1.82, 2.24) is 0 Å². The van der Waals surface area contributed by atoms with E-state index in [4.69, 9.17) is 4.74 Å². The number of hydrogen-bond donors (Lipinski definition) is 0. The Morgan fingerprint density at radius 2 is 1.71 bits per heavy atom. The zero-order chi connectivity index (χ0) is 12.5. The lowest BCUT2D eigenvalue weighted by Crippen LogP contribution is -2.09. The molecule has 17 heavy (non-hydrogen) atoms. The number of hydrogen-bond acceptors (Lipinski definition) is 5. The van der Waals surface area contributed by atoms with E-state index >= 15 is 0 Å². The van der Waals surface area contributed by atoms with Crippen LogP contribution in [0, 0.1) is 0 Å². The molecule has 0 saturated carbocycles. The molecule has 1 aromatic carbocycles. The number of carbonyl (C=O) groups is 2. The van der Waals surface area contributed by atoms with Crippen LogP contribution in [0.1, 0.15) is 18.4 Å². The van der Waals surface area contributed by atoms with Crippen LogP contribution in [0.2, 0.25) is 0 Å². The standard InChI is InChI=1S/C12H14O5/c1-15-17-12(14)8-7-11(13)16-9-10-5-3-2-4-6-10/h2-6H,7-9H2,1H3. The Kier molecular flexibility index (Phi) is 5.74. The van der Waals surface area contributed by atoms with E-state index in [-0.39, 0.29) is 19.4 Å². The molecule has 0 spiro atoms. The first-order valence-electron chi connectivity index (χ1n) is 5.15. The topological polar surface area (TPSA) is 61.8 Å². The highest BCUT2D eigenvalue weighted by Gasteiger charge is 2.09. The molecule has 92 valence electrons. The molecule has 0 aliphatic rings. The Morgan fingerprint density at radius 3 is 2.35 bits per heavy atom. The Balaban J connectivity index is 2.20. The van der Waals surface area contributed by atoms with E-state index in [0.717, 1.165) is 5.56 Å². The normalized spacial score (nSPS) is 9.71. The number of rotatable bonds is 6. The molecule has 0 aliphatic heterocycles. The minimum Gasteiger partial charge on any atom is -0.461 e.